The van der Waals surface area contributed by atoms with Crippen LogP contribution in [0.1, 0.15) is 22.3 Å². The summed E-state index contributed by atoms with van der Waals surface area (Å²) in [7, 11) is 0. The summed E-state index contributed by atoms with van der Waals surface area (Å²) in [5.41, 5.74) is 3.53. The summed E-state index contributed by atoms with van der Waals surface area (Å²) in [6.07, 6.45) is 5.83. The molecule has 1 saturated heterocycles. The quantitative estimate of drug-likeness (QED) is 0.717. The molecule has 4 rings (SSSR count). The number of carbonyl (C=O) groups is 1. The molecule has 0 bridgehead atoms. The van der Waals surface area contributed by atoms with E-state index >= 15 is 0 Å². The van der Waals surface area contributed by atoms with Gasteiger partial charge in [-0.1, -0.05) is 18.2 Å². The Hall–Kier alpha value is -2.40. The number of para-hydroxylation sites is 1. The van der Waals surface area contributed by atoms with E-state index in [4.69, 9.17) is 4.42 Å². The summed E-state index contributed by atoms with van der Waals surface area (Å²) < 4.78 is 7.53. The Morgan fingerprint density at radius 3 is 2.88 bits per heavy atom. The molecule has 24 heavy (non-hydrogen) atoms. The Balaban J connectivity index is 1.61. The van der Waals surface area contributed by atoms with Gasteiger partial charge in [0.1, 0.15) is 11.1 Å². The highest BCUT2D eigenvalue weighted by atomic mass is 32.2. The van der Waals surface area contributed by atoms with Crippen LogP contribution in [-0.2, 0) is 11.3 Å². The molecule has 0 radical (unpaired) electrons. The number of hydrogen-bond donors (Lipinski definition) is 0. The summed E-state index contributed by atoms with van der Waals surface area (Å²) in [4.78, 5) is 14.2. The minimum absolute atomic E-state index is 0.0351. The summed E-state index contributed by atoms with van der Waals surface area (Å²) in [5.74, 6) is 1.49. The Morgan fingerprint density at radius 1 is 1.21 bits per heavy atom. The lowest BCUT2D eigenvalue weighted by atomic mass is 10.2. The lowest BCUT2D eigenvalue weighted by Crippen LogP contribution is -2.27. The second kappa shape index (κ2) is 6.24. The molecule has 1 aromatic carbocycles. The molecule has 0 N–H and O–H groups in total. The largest absolute Gasteiger partial charge is 0.467 e. The second-order valence-corrected chi connectivity index (χ2v) is 6.97. The number of aryl methyl sites for hydroxylation is 1. The molecule has 4 nitrogen and oxygen atoms in total. The van der Waals surface area contributed by atoms with Crippen LogP contribution in [0.5, 0.6) is 0 Å². The van der Waals surface area contributed by atoms with Crippen LogP contribution in [0.4, 0.5) is 0 Å². The van der Waals surface area contributed by atoms with Gasteiger partial charge in [-0.05, 0) is 36.8 Å². The number of rotatable bonds is 4. The van der Waals surface area contributed by atoms with E-state index in [-0.39, 0.29) is 11.3 Å². The summed E-state index contributed by atoms with van der Waals surface area (Å²) >= 11 is 1.67. The van der Waals surface area contributed by atoms with Crippen LogP contribution in [0.15, 0.2) is 65.5 Å². The van der Waals surface area contributed by atoms with Crippen molar-refractivity contribution in [1.29, 1.82) is 0 Å². The van der Waals surface area contributed by atoms with Crippen molar-refractivity contribution in [3.8, 4) is 5.69 Å². The van der Waals surface area contributed by atoms with Crippen LogP contribution in [0, 0.1) is 6.92 Å². The number of aromatic nitrogens is 1. The highest BCUT2D eigenvalue weighted by Crippen LogP contribution is 2.40. The molecule has 122 valence electrons. The van der Waals surface area contributed by atoms with Crippen molar-refractivity contribution >= 4 is 17.7 Å². The van der Waals surface area contributed by atoms with E-state index in [1.165, 1.54) is 5.56 Å². The van der Waals surface area contributed by atoms with Crippen molar-refractivity contribution in [2.24, 2.45) is 0 Å². The normalized spacial score (nSPS) is 17.6. The number of carbonyl (C=O) groups excluding carboxylic acids is 1. The number of amides is 1. The van der Waals surface area contributed by atoms with Gasteiger partial charge in [0.25, 0.3) is 0 Å². The molecule has 1 aliphatic heterocycles. The summed E-state index contributed by atoms with van der Waals surface area (Å²) in [5, 5.41) is 0.0351. The maximum absolute atomic E-state index is 12.3. The molecule has 1 atom stereocenters. The number of furan rings is 1. The van der Waals surface area contributed by atoms with E-state index in [9.17, 15) is 4.79 Å². The molecular weight excluding hydrogens is 320 g/mol. The topological polar surface area (TPSA) is 38.4 Å². The molecule has 1 unspecified atom stereocenters. The third-order valence-corrected chi connectivity index (χ3v) is 5.52. The first kappa shape index (κ1) is 15.1. The summed E-state index contributed by atoms with van der Waals surface area (Å²) in [6.45, 7) is 2.62. The fourth-order valence-electron chi connectivity index (χ4n) is 3.03. The molecule has 5 heteroatoms. The van der Waals surface area contributed by atoms with Crippen molar-refractivity contribution in [3.05, 3.63) is 78.0 Å². The molecule has 1 fully saturated rings. The van der Waals surface area contributed by atoms with Gasteiger partial charge in [-0.15, -0.1) is 11.8 Å². The molecular formula is C19H18N2O2S. The van der Waals surface area contributed by atoms with E-state index in [2.05, 4.69) is 42.1 Å². The molecule has 0 saturated carbocycles. The first-order chi connectivity index (χ1) is 11.7. The molecule has 3 aromatic rings. The van der Waals surface area contributed by atoms with Gasteiger partial charge in [0.15, 0.2) is 0 Å². The van der Waals surface area contributed by atoms with E-state index in [1.807, 2.05) is 29.2 Å². The zero-order valence-electron chi connectivity index (χ0n) is 13.4. The van der Waals surface area contributed by atoms with Gasteiger partial charge in [0.2, 0.25) is 5.91 Å². The zero-order valence-corrected chi connectivity index (χ0v) is 14.2. The second-order valence-electron chi connectivity index (χ2n) is 5.90. The average Bonchev–Trinajstić information content (AvgIpc) is 3.31. The molecule has 1 amide bonds. The van der Waals surface area contributed by atoms with Crippen molar-refractivity contribution < 1.29 is 9.21 Å². The van der Waals surface area contributed by atoms with Crippen LogP contribution in [0.2, 0.25) is 0 Å². The standard InChI is InChI=1S/C19H18N2O2S/c1-14-5-2-3-7-17(14)20-9-8-15(11-20)19-21(18(22)13-24-19)12-16-6-4-10-23-16/h2-11,19H,12-13H2,1H3. The van der Waals surface area contributed by atoms with Gasteiger partial charge in [-0.2, -0.15) is 0 Å². The third-order valence-electron chi connectivity index (χ3n) is 4.27. The van der Waals surface area contributed by atoms with E-state index in [0.717, 1.165) is 17.0 Å². The minimum atomic E-state index is 0.0351. The SMILES string of the molecule is Cc1ccccc1-n1ccc(C2SCC(=O)N2Cc2ccco2)c1. The van der Waals surface area contributed by atoms with E-state index in [0.29, 0.717) is 12.3 Å². The van der Waals surface area contributed by atoms with Crippen LogP contribution in [0.3, 0.4) is 0 Å². The maximum atomic E-state index is 12.3. The predicted molar refractivity (Wildman–Crippen MR) is 95.0 cm³/mol. The van der Waals surface area contributed by atoms with Crippen molar-refractivity contribution in [1.82, 2.24) is 9.47 Å². The maximum Gasteiger partial charge on any atom is 0.234 e. The number of benzene rings is 1. The van der Waals surface area contributed by atoms with E-state index < -0.39 is 0 Å². The van der Waals surface area contributed by atoms with Gasteiger partial charge in [-0.25, -0.2) is 0 Å². The molecule has 3 heterocycles. The number of hydrogen-bond acceptors (Lipinski definition) is 3. The van der Waals surface area contributed by atoms with E-state index in [1.54, 1.807) is 18.0 Å². The highest BCUT2D eigenvalue weighted by molar-refractivity contribution is 8.00. The molecule has 1 aliphatic rings. The molecule has 2 aromatic heterocycles. The average molecular weight is 338 g/mol. The first-order valence-electron chi connectivity index (χ1n) is 7.90. The van der Waals surface area contributed by atoms with Gasteiger partial charge < -0.3 is 13.9 Å². The van der Waals surface area contributed by atoms with Crippen LogP contribution < -0.4 is 0 Å². The zero-order chi connectivity index (χ0) is 16.5. The van der Waals surface area contributed by atoms with Gasteiger partial charge >= 0.3 is 0 Å². The van der Waals surface area contributed by atoms with Gasteiger partial charge in [0.05, 0.1) is 18.6 Å². The number of thioether (sulfide) groups is 1. The molecule has 0 aliphatic carbocycles. The Morgan fingerprint density at radius 2 is 2.08 bits per heavy atom. The highest BCUT2D eigenvalue weighted by Gasteiger charge is 2.33. The Bertz CT molecular complexity index is 854. The molecule has 0 spiro atoms. The van der Waals surface area contributed by atoms with Crippen LogP contribution in [0.25, 0.3) is 5.69 Å². The predicted octanol–water partition coefficient (Wildman–Crippen LogP) is 4.15. The van der Waals surface area contributed by atoms with Gasteiger partial charge in [0, 0.05) is 23.6 Å². The first-order valence-corrected chi connectivity index (χ1v) is 8.94. The van der Waals surface area contributed by atoms with Gasteiger partial charge in [-0.3, -0.25) is 4.79 Å². The fourth-order valence-corrected chi connectivity index (χ4v) is 4.20. The van der Waals surface area contributed by atoms with Crippen LogP contribution in [-0.4, -0.2) is 21.1 Å². The minimum Gasteiger partial charge on any atom is -0.467 e. The monoisotopic (exact) mass is 338 g/mol. The summed E-state index contributed by atoms with van der Waals surface area (Å²) in [6, 6.07) is 14.1. The lowest BCUT2D eigenvalue weighted by molar-refractivity contribution is -0.128. The van der Waals surface area contributed by atoms with Crippen molar-refractivity contribution in [3.63, 3.8) is 0 Å². The van der Waals surface area contributed by atoms with Crippen molar-refractivity contribution in [2.45, 2.75) is 18.8 Å². The van der Waals surface area contributed by atoms with Crippen molar-refractivity contribution in [2.75, 3.05) is 5.75 Å². The Kier molecular flexibility index (Phi) is 3.94. The smallest absolute Gasteiger partial charge is 0.234 e. The fraction of sp³-hybridized carbons (Fsp3) is 0.211. The van der Waals surface area contributed by atoms with Crippen LogP contribution >= 0.6 is 11.8 Å². The number of nitrogens with zero attached hydrogens (tertiary/aromatic N) is 2. The third kappa shape index (κ3) is 2.76. The Labute approximate surface area is 145 Å². The lowest BCUT2D eigenvalue weighted by Gasteiger charge is -2.22.